The summed E-state index contributed by atoms with van der Waals surface area (Å²) in [6, 6.07) is 10.5. The normalized spacial score (nSPS) is 12.2. The SMILES string of the molecule is CCCCNC(=O)C(CC)N(Cc1ccc(Cl)cc1)C(=O)CN(c1cc(Cl)ccc1Cl)S(C)(=O)=O. The van der Waals surface area contributed by atoms with Crippen molar-refractivity contribution in [2.45, 2.75) is 45.7 Å². The number of halogens is 3. The number of nitrogens with one attached hydrogen (secondary N) is 1. The summed E-state index contributed by atoms with van der Waals surface area (Å²) in [6.45, 7) is 3.85. The van der Waals surface area contributed by atoms with Crippen molar-refractivity contribution in [3.63, 3.8) is 0 Å². The van der Waals surface area contributed by atoms with Crippen LogP contribution in [0.5, 0.6) is 0 Å². The van der Waals surface area contributed by atoms with Crippen LogP contribution in [0.4, 0.5) is 5.69 Å². The Hall–Kier alpha value is -2.00. The number of benzene rings is 2. The highest BCUT2D eigenvalue weighted by Crippen LogP contribution is 2.31. The molecule has 0 aromatic heterocycles. The van der Waals surface area contributed by atoms with Crippen molar-refractivity contribution >= 4 is 62.3 Å². The van der Waals surface area contributed by atoms with Crippen molar-refractivity contribution in [1.29, 1.82) is 0 Å². The van der Waals surface area contributed by atoms with Crippen LogP contribution in [0.3, 0.4) is 0 Å². The molecule has 35 heavy (non-hydrogen) atoms. The highest BCUT2D eigenvalue weighted by molar-refractivity contribution is 7.92. The Labute approximate surface area is 222 Å². The molecule has 0 aliphatic rings. The molecule has 192 valence electrons. The lowest BCUT2D eigenvalue weighted by atomic mass is 10.1. The van der Waals surface area contributed by atoms with Gasteiger partial charge in [-0.2, -0.15) is 0 Å². The molecule has 0 aliphatic heterocycles. The fraction of sp³-hybridized carbons (Fsp3) is 0.417. The molecule has 0 heterocycles. The zero-order chi connectivity index (χ0) is 26.2. The topological polar surface area (TPSA) is 86.8 Å². The molecule has 1 atom stereocenters. The Balaban J connectivity index is 2.43. The minimum Gasteiger partial charge on any atom is -0.354 e. The first-order valence-electron chi connectivity index (χ1n) is 11.2. The zero-order valence-electron chi connectivity index (χ0n) is 19.9. The number of carbonyl (C=O) groups is 2. The van der Waals surface area contributed by atoms with E-state index in [1.54, 1.807) is 31.2 Å². The summed E-state index contributed by atoms with van der Waals surface area (Å²) >= 11 is 18.3. The van der Waals surface area contributed by atoms with Gasteiger partial charge in [0, 0.05) is 23.1 Å². The maximum Gasteiger partial charge on any atom is 0.244 e. The highest BCUT2D eigenvalue weighted by Gasteiger charge is 2.32. The number of hydrogen-bond donors (Lipinski definition) is 1. The van der Waals surface area contributed by atoms with E-state index in [0.717, 1.165) is 29.0 Å². The smallest absolute Gasteiger partial charge is 0.244 e. The molecule has 2 aromatic carbocycles. The number of nitrogens with zero attached hydrogens (tertiary/aromatic N) is 2. The van der Waals surface area contributed by atoms with Crippen LogP contribution in [-0.4, -0.2) is 50.5 Å². The Bertz CT molecular complexity index is 1130. The van der Waals surface area contributed by atoms with E-state index >= 15 is 0 Å². The third-order valence-electron chi connectivity index (χ3n) is 5.34. The molecule has 7 nitrogen and oxygen atoms in total. The summed E-state index contributed by atoms with van der Waals surface area (Å²) in [5.41, 5.74) is 0.830. The van der Waals surface area contributed by atoms with Gasteiger partial charge >= 0.3 is 0 Å². The number of sulfonamides is 1. The molecule has 0 fully saturated rings. The van der Waals surface area contributed by atoms with Gasteiger partial charge in [-0.05, 0) is 48.7 Å². The van der Waals surface area contributed by atoms with Gasteiger partial charge in [0.1, 0.15) is 12.6 Å². The molecule has 0 saturated heterocycles. The van der Waals surface area contributed by atoms with Crippen LogP contribution >= 0.6 is 34.8 Å². The van der Waals surface area contributed by atoms with Crippen molar-refractivity contribution in [3.8, 4) is 0 Å². The van der Waals surface area contributed by atoms with Crippen molar-refractivity contribution in [2.24, 2.45) is 0 Å². The fourth-order valence-corrected chi connectivity index (χ4v) is 4.90. The van der Waals surface area contributed by atoms with Gasteiger partial charge in [-0.1, -0.05) is 67.2 Å². The van der Waals surface area contributed by atoms with Gasteiger partial charge in [0.15, 0.2) is 0 Å². The average molecular weight is 563 g/mol. The van der Waals surface area contributed by atoms with E-state index in [1.165, 1.54) is 23.1 Å². The lowest BCUT2D eigenvalue weighted by Gasteiger charge is -2.33. The lowest BCUT2D eigenvalue weighted by Crippen LogP contribution is -2.52. The van der Waals surface area contributed by atoms with E-state index in [2.05, 4.69) is 5.32 Å². The minimum atomic E-state index is -3.91. The average Bonchev–Trinajstić information content (AvgIpc) is 2.79. The highest BCUT2D eigenvalue weighted by atomic mass is 35.5. The second kappa shape index (κ2) is 13.3. The zero-order valence-corrected chi connectivity index (χ0v) is 23.0. The maximum absolute atomic E-state index is 13.6. The van der Waals surface area contributed by atoms with Crippen LogP contribution in [0, 0.1) is 0 Å². The summed E-state index contributed by atoms with van der Waals surface area (Å²) in [6.07, 6.45) is 3.04. The molecule has 2 aromatic rings. The molecule has 1 unspecified atom stereocenters. The predicted octanol–water partition coefficient (Wildman–Crippen LogP) is 5.14. The molecular weight excluding hydrogens is 533 g/mol. The first-order valence-corrected chi connectivity index (χ1v) is 14.2. The van der Waals surface area contributed by atoms with Gasteiger partial charge < -0.3 is 10.2 Å². The second-order valence-electron chi connectivity index (χ2n) is 8.08. The van der Waals surface area contributed by atoms with E-state index in [4.69, 9.17) is 34.8 Å². The van der Waals surface area contributed by atoms with Crippen LogP contribution in [0.15, 0.2) is 42.5 Å². The van der Waals surface area contributed by atoms with E-state index in [1.807, 2.05) is 6.92 Å². The third-order valence-corrected chi connectivity index (χ3v) is 7.27. The van der Waals surface area contributed by atoms with Crippen LogP contribution < -0.4 is 9.62 Å². The first kappa shape index (κ1) is 29.2. The van der Waals surface area contributed by atoms with E-state index in [0.29, 0.717) is 18.0 Å². The van der Waals surface area contributed by atoms with E-state index in [9.17, 15) is 18.0 Å². The molecule has 2 amide bonds. The molecular formula is C24H30Cl3N3O4S. The van der Waals surface area contributed by atoms with Crippen LogP contribution in [0.2, 0.25) is 15.1 Å². The number of carbonyl (C=O) groups excluding carboxylic acids is 2. The molecule has 11 heteroatoms. The van der Waals surface area contributed by atoms with Crippen LogP contribution in [0.25, 0.3) is 0 Å². The van der Waals surface area contributed by atoms with Crippen molar-refractivity contribution in [3.05, 3.63) is 63.1 Å². The lowest BCUT2D eigenvalue weighted by molar-refractivity contribution is -0.140. The summed E-state index contributed by atoms with van der Waals surface area (Å²) < 4.78 is 26.2. The van der Waals surface area contributed by atoms with Gasteiger partial charge in [0.05, 0.1) is 17.0 Å². The van der Waals surface area contributed by atoms with Gasteiger partial charge in [-0.15, -0.1) is 0 Å². The quantitative estimate of drug-likeness (QED) is 0.363. The van der Waals surface area contributed by atoms with Gasteiger partial charge in [-0.3, -0.25) is 13.9 Å². The summed E-state index contributed by atoms with van der Waals surface area (Å²) in [4.78, 5) is 28.0. The molecule has 0 bridgehead atoms. The first-order chi connectivity index (χ1) is 16.5. The Morgan fingerprint density at radius 2 is 1.63 bits per heavy atom. The molecule has 2 rings (SSSR count). The van der Waals surface area contributed by atoms with Gasteiger partial charge in [0.2, 0.25) is 21.8 Å². The number of anilines is 1. The molecule has 0 saturated carbocycles. The summed E-state index contributed by atoms with van der Waals surface area (Å²) in [5, 5.41) is 3.80. The summed E-state index contributed by atoms with van der Waals surface area (Å²) in [5.74, 6) is -0.853. The summed E-state index contributed by atoms with van der Waals surface area (Å²) in [7, 11) is -3.91. The van der Waals surface area contributed by atoms with E-state index < -0.39 is 28.5 Å². The monoisotopic (exact) mass is 561 g/mol. The fourth-order valence-electron chi connectivity index (χ4n) is 3.48. The van der Waals surface area contributed by atoms with Crippen LogP contribution in [-0.2, 0) is 26.2 Å². The number of amides is 2. The molecule has 1 N–H and O–H groups in total. The van der Waals surface area contributed by atoms with Crippen molar-refractivity contribution in [1.82, 2.24) is 10.2 Å². The maximum atomic E-state index is 13.6. The Morgan fingerprint density at radius 1 is 1.00 bits per heavy atom. The molecule has 0 aliphatic carbocycles. The van der Waals surface area contributed by atoms with Crippen molar-refractivity contribution in [2.75, 3.05) is 23.7 Å². The Morgan fingerprint density at radius 3 is 2.20 bits per heavy atom. The number of hydrogen-bond acceptors (Lipinski definition) is 4. The van der Waals surface area contributed by atoms with Gasteiger partial charge in [0.25, 0.3) is 0 Å². The van der Waals surface area contributed by atoms with E-state index in [-0.39, 0.29) is 28.2 Å². The standard InChI is InChI=1S/C24H30Cl3N3O4S/c1-4-6-13-28-24(32)21(5-2)29(15-17-7-9-18(25)10-8-17)23(31)16-30(35(3,33)34)22-14-19(26)11-12-20(22)27/h7-12,14,21H,4-6,13,15-16H2,1-3H3,(H,28,32). The second-order valence-corrected chi connectivity index (χ2v) is 11.3. The minimum absolute atomic E-state index is 0.0851. The predicted molar refractivity (Wildman–Crippen MR) is 143 cm³/mol. The van der Waals surface area contributed by atoms with Crippen LogP contribution in [0.1, 0.15) is 38.7 Å². The van der Waals surface area contributed by atoms with Crippen molar-refractivity contribution < 1.29 is 18.0 Å². The molecule has 0 radical (unpaired) electrons. The molecule has 0 spiro atoms. The number of unbranched alkanes of at least 4 members (excludes halogenated alkanes) is 1. The largest absolute Gasteiger partial charge is 0.354 e. The Kier molecular flexibility index (Phi) is 11.1. The third kappa shape index (κ3) is 8.56. The number of rotatable bonds is 12. The van der Waals surface area contributed by atoms with Gasteiger partial charge in [-0.25, -0.2) is 8.42 Å².